The van der Waals surface area contributed by atoms with Gasteiger partial charge in [0.25, 0.3) is 0 Å². The highest BCUT2D eigenvalue weighted by Crippen LogP contribution is 2.05. The summed E-state index contributed by atoms with van der Waals surface area (Å²) in [5.41, 5.74) is 1.39. The number of nitrogens with one attached hydrogen (secondary N) is 1. The number of aromatic nitrogens is 1. The van der Waals surface area contributed by atoms with Crippen LogP contribution in [-0.2, 0) is 13.1 Å². The Balaban J connectivity index is 2.34. The van der Waals surface area contributed by atoms with E-state index >= 15 is 0 Å². The summed E-state index contributed by atoms with van der Waals surface area (Å²) in [7, 11) is 0. The van der Waals surface area contributed by atoms with E-state index in [9.17, 15) is 0 Å². The first-order valence-corrected chi connectivity index (χ1v) is 6.18. The van der Waals surface area contributed by atoms with E-state index < -0.39 is 0 Å². The van der Waals surface area contributed by atoms with Gasteiger partial charge in [0, 0.05) is 31.5 Å². The molecule has 0 fully saturated rings. The van der Waals surface area contributed by atoms with E-state index in [0.29, 0.717) is 6.04 Å². The predicted octanol–water partition coefficient (Wildman–Crippen LogP) is 3.18. The van der Waals surface area contributed by atoms with Crippen LogP contribution in [0, 0.1) is 0 Å². The zero-order valence-corrected chi connectivity index (χ0v) is 10.3. The van der Waals surface area contributed by atoms with Crippen molar-refractivity contribution < 1.29 is 0 Å². The van der Waals surface area contributed by atoms with Crippen molar-refractivity contribution in [3.05, 3.63) is 24.0 Å². The highest BCUT2D eigenvalue weighted by atomic mass is 14.9. The van der Waals surface area contributed by atoms with Crippen LogP contribution in [0.2, 0.25) is 0 Å². The Hall–Kier alpha value is -0.760. The standard InChI is InChI=1S/C13H24N2/c1-4-7-13(5-2)14-10-12-8-9-15(6-3)11-12/h8-9,11,13-14H,4-7,10H2,1-3H3. The van der Waals surface area contributed by atoms with E-state index in [4.69, 9.17) is 0 Å². The van der Waals surface area contributed by atoms with Gasteiger partial charge in [0.05, 0.1) is 0 Å². The van der Waals surface area contributed by atoms with Gasteiger partial charge in [-0.3, -0.25) is 0 Å². The van der Waals surface area contributed by atoms with Crippen LogP contribution in [-0.4, -0.2) is 10.6 Å². The first kappa shape index (κ1) is 12.3. The molecule has 2 nitrogen and oxygen atoms in total. The van der Waals surface area contributed by atoms with Gasteiger partial charge in [-0.15, -0.1) is 0 Å². The van der Waals surface area contributed by atoms with Crippen LogP contribution < -0.4 is 5.32 Å². The fraction of sp³-hybridized carbons (Fsp3) is 0.692. The van der Waals surface area contributed by atoms with Crippen LogP contribution in [0.5, 0.6) is 0 Å². The molecule has 86 valence electrons. The van der Waals surface area contributed by atoms with Gasteiger partial charge >= 0.3 is 0 Å². The molecule has 1 N–H and O–H groups in total. The van der Waals surface area contributed by atoms with Gasteiger partial charge in [-0.2, -0.15) is 0 Å². The number of hydrogen-bond donors (Lipinski definition) is 1. The second-order valence-corrected chi connectivity index (χ2v) is 4.12. The molecule has 1 aromatic rings. The number of rotatable bonds is 7. The lowest BCUT2D eigenvalue weighted by atomic mass is 10.1. The smallest absolute Gasteiger partial charge is 0.0223 e. The molecule has 0 aliphatic heterocycles. The molecule has 15 heavy (non-hydrogen) atoms. The quantitative estimate of drug-likeness (QED) is 0.728. The van der Waals surface area contributed by atoms with E-state index in [2.05, 4.69) is 49.1 Å². The summed E-state index contributed by atoms with van der Waals surface area (Å²) in [6.45, 7) is 8.74. The number of nitrogens with zero attached hydrogens (tertiary/aromatic N) is 1. The average Bonchev–Trinajstić information content (AvgIpc) is 2.72. The molecule has 1 heterocycles. The summed E-state index contributed by atoms with van der Waals surface area (Å²) < 4.78 is 2.22. The topological polar surface area (TPSA) is 17.0 Å². The van der Waals surface area contributed by atoms with E-state index in [1.54, 1.807) is 0 Å². The Kier molecular flexibility index (Phi) is 5.48. The fourth-order valence-electron chi connectivity index (χ4n) is 1.85. The Morgan fingerprint density at radius 1 is 1.33 bits per heavy atom. The van der Waals surface area contributed by atoms with Crippen molar-refractivity contribution in [1.29, 1.82) is 0 Å². The number of hydrogen-bond acceptors (Lipinski definition) is 1. The molecule has 0 amide bonds. The molecule has 1 rings (SSSR count). The van der Waals surface area contributed by atoms with E-state index in [1.165, 1.54) is 24.8 Å². The second-order valence-electron chi connectivity index (χ2n) is 4.12. The zero-order valence-electron chi connectivity index (χ0n) is 10.3. The minimum absolute atomic E-state index is 0.681. The highest BCUT2D eigenvalue weighted by molar-refractivity contribution is 5.09. The summed E-state index contributed by atoms with van der Waals surface area (Å²) in [5.74, 6) is 0. The SMILES string of the molecule is CCCC(CC)NCc1ccn(CC)c1. The molecule has 1 unspecified atom stereocenters. The number of aryl methyl sites for hydroxylation is 1. The van der Waals surface area contributed by atoms with Crippen LogP contribution in [0.1, 0.15) is 45.6 Å². The maximum Gasteiger partial charge on any atom is 0.0223 e. The Morgan fingerprint density at radius 3 is 2.67 bits per heavy atom. The largest absolute Gasteiger partial charge is 0.354 e. The summed E-state index contributed by atoms with van der Waals surface area (Å²) in [5, 5.41) is 3.61. The van der Waals surface area contributed by atoms with E-state index in [1.807, 2.05) is 0 Å². The van der Waals surface area contributed by atoms with E-state index in [0.717, 1.165) is 13.1 Å². The Labute approximate surface area is 93.7 Å². The van der Waals surface area contributed by atoms with Crippen molar-refractivity contribution in [1.82, 2.24) is 9.88 Å². The summed E-state index contributed by atoms with van der Waals surface area (Å²) in [4.78, 5) is 0. The van der Waals surface area contributed by atoms with Crippen molar-refractivity contribution in [3.63, 3.8) is 0 Å². The molecule has 0 radical (unpaired) electrons. The van der Waals surface area contributed by atoms with Gasteiger partial charge in [-0.05, 0) is 31.4 Å². The van der Waals surface area contributed by atoms with Gasteiger partial charge < -0.3 is 9.88 Å². The molecule has 1 aromatic heterocycles. The first-order chi connectivity index (χ1) is 7.30. The molecule has 0 spiro atoms. The minimum Gasteiger partial charge on any atom is -0.354 e. The Morgan fingerprint density at radius 2 is 2.13 bits per heavy atom. The lowest BCUT2D eigenvalue weighted by Crippen LogP contribution is -2.27. The molecule has 0 aliphatic rings. The molecule has 1 atom stereocenters. The van der Waals surface area contributed by atoms with Gasteiger partial charge in [0.1, 0.15) is 0 Å². The van der Waals surface area contributed by atoms with E-state index in [-0.39, 0.29) is 0 Å². The lowest BCUT2D eigenvalue weighted by molar-refractivity contribution is 0.462. The van der Waals surface area contributed by atoms with Gasteiger partial charge in [-0.25, -0.2) is 0 Å². The third kappa shape index (κ3) is 4.08. The molecule has 0 bridgehead atoms. The van der Waals surface area contributed by atoms with Crippen molar-refractivity contribution in [2.24, 2.45) is 0 Å². The average molecular weight is 208 g/mol. The molecular formula is C13H24N2. The summed E-state index contributed by atoms with van der Waals surface area (Å²) in [6, 6.07) is 2.88. The molecule has 0 aromatic carbocycles. The van der Waals surface area contributed by atoms with Crippen LogP contribution in [0.15, 0.2) is 18.5 Å². The van der Waals surface area contributed by atoms with Crippen LogP contribution >= 0.6 is 0 Å². The zero-order chi connectivity index (χ0) is 11.1. The molecule has 0 aliphatic carbocycles. The molecule has 0 saturated carbocycles. The normalized spacial score (nSPS) is 13.0. The van der Waals surface area contributed by atoms with Crippen molar-refractivity contribution in [2.75, 3.05) is 0 Å². The monoisotopic (exact) mass is 208 g/mol. The highest BCUT2D eigenvalue weighted by Gasteiger charge is 2.04. The van der Waals surface area contributed by atoms with Crippen molar-refractivity contribution in [3.8, 4) is 0 Å². The van der Waals surface area contributed by atoms with Crippen LogP contribution in [0.3, 0.4) is 0 Å². The molecular weight excluding hydrogens is 184 g/mol. The van der Waals surface area contributed by atoms with Gasteiger partial charge in [0.2, 0.25) is 0 Å². The summed E-state index contributed by atoms with van der Waals surface area (Å²) in [6.07, 6.45) is 8.15. The third-order valence-corrected chi connectivity index (χ3v) is 2.90. The molecule has 2 heteroatoms. The third-order valence-electron chi connectivity index (χ3n) is 2.90. The maximum absolute atomic E-state index is 3.61. The van der Waals surface area contributed by atoms with Crippen LogP contribution in [0.25, 0.3) is 0 Å². The van der Waals surface area contributed by atoms with Gasteiger partial charge in [0.15, 0.2) is 0 Å². The van der Waals surface area contributed by atoms with Crippen molar-refractivity contribution >= 4 is 0 Å². The maximum atomic E-state index is 3.61. The second kappa shape index (κ2) is 6.67. The minimum atomic E-state index is 0.681. The Bertz CT molecular complexity index is 265. The summed E-state index contributed by atoms with van der Waals surface area (Å²) >= 11 is 0. The lowest BCUT2D eigenvalue weighted by Gasteiger charge is -2.15. The van der Waals surface area contributed by atoms with Gasteiger partial charge in [-0.1, -0.05) is 20.3 Å². The van der Waals surface area contributed by atoms with Crippen molar-refractivity contribution in [2.45, 2.75) is 59.2 Å². The molecule has 0 saturated heterocycles. The fourth-order valence-corrected chi connectivity index (χ4v) is 1.85. The first-order valence-electron chi connectivity index (χ1n) is 6.18. The predicted molar refractivity (Wildman–Crippen MR) is 65.9 cm³/mol. The van der Waals surface area contributed by atoms with Crippen LogP contribution in [0.4, 0.5) is 0 Å².